The lowest BCUT2D eigenvalue weighted by molar-refractivity contribution is 0.932. The van der Waals surface area contributed by atoms with Crippen molar-refractivity contribution in [3.63, 3.8) is 0 Å². The minimum Gasteiger partial charge on any atom is -0.268 e. The highest BCUT2D eigenvalue weighted by Crippen LogP contribution is 2.24. The van der Waals surface area contributed by atoms with Crippen LogP contribution >= 0.6 is 23.4 Å². The van der Waals surface area contributed by atoms with Gasteiger partial charge in [-0.3, -0.25) is 9.20 Å². The minimum atomic E-state index is -0.125. The third-order valence-electron chi connectivity index (χ3n) is 3.77. The Morgan fingerprint density at radius 2 is 1.80 bits per heavy atom. The predicted molar refractivity (Wildman–Crippen MR) is 102 cm³/mol. The molecule has 4 rings (SSSR count). The number of hydrogen-bond acceptors (Lipinski definition) is 4. The lowest BCUT2D eigenvalue weighted by atomic mass is 10.2. The highest BCUT2D eigenvalue weighted by atomic mass is 35.5. The van der Waals surface area contributed by atoms with Gasteiger partial charge < -0.3 is 0 Å². The number of hydrogen-bond donors (Lipinski definition) is 0. The maximum absolute atomic E-state index is 13.1. The van der Waals surface area contributed by atoms with Crippen LogP contribution in [-0.4, -0.2) is 24.9 Å². The number of rotatable bonds is 4. The summed E-state index contributed by atoms with van der Waals surface area (Å²) in [5.74, 6) is 0.985. The molecule has 25 heavy (non-hydrogen) atoms. The van der Waals surface area contributed by atoms with Crippen molar-refractivity contribution in [3.05, 3.63) is 76.6 Å². The van der Waals surface area contributed by atoms with E-state index in [1.54, 1.807) is 4.57 Å². The molecule has 2 heterocycles. The molecule has 0 radical (unpaired) electrons. The number of fused-ring (bicyclic) bond motifs is 3. The molecule has 0 amide bonds. The molecule has 2 aromatic heterocycles. The van der Waals surface area contributed by atoms with E-state index in [0.29, 0.717) is 27.1 Å². The van der Waals surface area contributed by atoms with Crippen molar-refractivity contribution in [3.8, 4) is 5.69 Å². The molecule has 0 fully saturated rings. The lowest BCUT2D eigenvalue weighted by Crippen LogP contribution is -2.21. The first-order valence-corrected chi connectivity index (χ1v) is 8.93. The summed E-state index contributed by atoms with van der Waals surface area (Å²) in [7, 11) is 0. The summed E-state index contributed by atoms with van der Waals surface area (Å²) in [4.78, 5) is 13.1. The molecular weight excluding hydrogens is 356 g/mol. The average Bonchev–Trinajstić information content (AvgIpc) is 3.05. The SMILES string of the molecule is C=C(Cl)CSc1nnc2n(-c3ccccc3)c(=O)c3ccccc3n12. The van der Waals surface area contributed by atoms with Crippen molar-refractivity contribution < 1.29 is 0 Å². The van der Waals surface area contributed by atoms with Gasteiger partial charge in [0.25, 0.3) is 5.56 Å². The molecule has 0 bridgehead atoms. The first-order chi connectivity index (χ1) is 12.2. The molecule has 0 saturated carbocycles. The molecule has 0 spiro atoms. The number of benzene rings is 2. The Morgan fingerprint density at radius 3 is 2.56 bits per heavy atom. The van der Waals surface area contributed by atoms with Crippen LogP contribution in [-0.2, 0) is 0 Å². The van der Waals surface area contributed by atoms with E-state index in [1.807, 2.05) is 59.0 Å². The monoisotopic (exact) mass is 368 g/mol. The van der Waals surface area contributed by atoms with Gasteiger partial charge >= 0.3 is 0 Å². The standard InChI is InChI=1S/C18H13ClN4OS/c1-12(19)11-25-18-21-20-17-22(13-7-3-2-4-8-13)16(24)14-9-5-6-10-15(14)23(17)18/h2-10H,1,11H2. The van der Waals surface area contributed by atoms with Crippen molar-refractivity contribution in [2.45, 2.75) is 5.16 Å². The van der Waals surface area contributed by atoms with Gasteiger partial charge in [-0.05, 0) is 24.3 Å². The molecule has 7 heteroatoms. The van der Waals surface area contributed by atoms with Gasteiger partial charge in [0.15, 0.2) is 5.16 Å². The Morgan fingerprint density at radius 1 is 1.08 bits per heavy atom. The van der Waals surface area contributed by atoms with E-state index in [4.69, 9.17) is 11.6 Å². The van der Waals surface area contributed by atoms with E-state index in [9.17, 15) is 4.79 Å². The topological polar surface area (TPSA) is 52.2 Å². The zero-order valence-electron chi connectivity index (χ0n) is 13.1. The predicted octanol–water partition coefficient (Wildman–Crippen LogP) is 3.88. The zero-order valence-corrected chi connectivity index (χ0v) is 14.7. The van der Waals surface area contributed by atoms with Crippen molar-refractivity contribution in [1.29, 1.82) is 0 Å². The second-order valence-electron chi connectivity index (χ2n) is 5.42. The van der Waals surface area contributed by atoms with E-state index < -0.39 is 0 Å². The largest absolute Gasteiger partial charge is 0.268 e. The Bertz CT molecular complexity index is 1150. The molecule has 2 aromatic carbocycles. The highest BCUT2D eigenvalue weighted by Gasteiger charge is 2.17. The molecule has 0 aliphatic heterocycles. The smallest absolute Gasteiger partial charge is 0.267 e. The second kappa shape index (κ2) is 6.38. The quantitative estimate of drug-likeness (QED) is 0.513. The molecule has 0 N–H and O–H groups in total. The van der Waals surface area contributed by atoms with Gasteiger partial charge in [0.1, 0.15) is 0 Å². The van der Waals surface area contributed by atoms with Crippen molar-refractivity contribution in [2.75, 3.05) is 5.75 Å². The Kier molecular flexibility index (Phi) is 4.07. The van der Waals surface area contributed by atoms with Crippen LogP contribution in [0.3, 0.4) is 0 Å². The summed E-state index contributed by atoms with van der Waals surface area (Å²) in [6.45, 7) is 3.71. The Hall–Kier alpha value is -2.57. The Balaban J connectivity index is 2.10. The van der Waals surface area contributed by atoms with E-state index in [1.165, 1.54) is 11.8 Å². The van der Waals surface area contributed by atoms with Gasteiger partial charge in [-0.1, -0.05) is 60.3 Å². The van der Waals surface area contributed by atoms with Crippen LogP contribution in [0.1, 0.15) is 0 Å². The van der Waals surface area contributed by atoms with Crippen LogP contribution in [0.5, 0.6) is 0 Å². The average molecular weight is 369 g/mol. The summed E-state index contributed by atoms with van der Waals surface area (Å²) >= 11 is 7.32. The molecule has 0 aliphatic rings. The molecule has 0 unspecified atom stereocenters. The number of nitrogens with zero attached hydrogens (tertiary/aromatic N) is 4. The highest BCUT2D eigenvalue weighted by molar-refractivity contribution is 7.99. The Labute approximate surface area is 152 Å². The van der Waals surface area contributed by atoms with E-state index in [2.05, 4.69) is 16.8 Å². The molecule has 5 nitrogen and oxygen atoms in total. The van der Waals surface area contributed by atoms with Gasteiger partial charge in [-0.2, -0.15) is 0 Å². The molecule has 124 valence electrons. The number of aromatic nitrogens is 4. The molecular formula is C18H13ClN4OS. The van der Waals surface area contributed by atoms with Crippen LogP contribution in [0.15, 0.2) is 76.2 Å². The fourth-order valence-corrected chi connectivity index (χ4v) is 3.58. The van der Waals surface area contributed by atoms with Crippen LogP contribution in [0, 0.1) is 0 Å². The molecule has 4 aromatic rings. The summed E-state index contributed by atoms with van der Waals surface area (Å²) in [5.41, 5.74) is 1.39. The third kappa shape index (κ3) is 2.73. The van der Waals surface area contributed by atoms with Gasteiger partial charge in [0.2, 0.25) is 5.78 Å². The maximum Gasteiger partial charge on any atom is 0.267 e. The second-order valence-corrected chi connectivity index (χ2v) is 6.89. The molecule has 0 saturated heterocycles. The fourth-order valence-electron chi connectivity index (χ4n) is 2.72. The summed E-state index contributed by atoms with van der Waals surface area (Å²) in [6.07, 6.45) is 0. The summed E-state index contributed by atoms with van der Waals surface area (Å²) in [6, 6.07) is 16.9. The molecule has 0 aliphatic carbocycles. The van der Waals surface area contributed by atoms with Crippen LogP contribution < -0.4 is 5.56 Å². The van der Waals surface area contributed by atoms with Gasteiger partial charge in [0.05, 0.1) is 16.6 Å². The zero-order chi connectivity index (χ0) is 17.4. The summed E-state index contributed by atoms with van der Waals surface area (Å²) < 4.78 is 3.46. The first-order valence-electron chi connectivity index (χ1n) is 7.57. The van der Waals surface area contributed by atoms with Crippen LogP contribution in [0.2, 0.25) is 0 Å². The van der Waals surface area contributed by atoms with Crippen molar-refractivity contribution in [1.82, 2.24) is 19.2 Å². The minimum absolute atomic E-state index is 0.125. The maximum atomic E-state index is 13.1. The fraction of sp³-hybridized carbons (Fsp3) is 0.0556. The van der Waals surface area contributed by atoms with Gasteiger partial charge in [0, 0.05) is 10.8 Å². The van der Waals surface area contributed by atoms with E-state index >= 15 is 0 Å². The summed E-state index contributed by atoms with van der Waals surface area (Å²) in [5, 5.41) is 10.3. The third-order valence-corrected chi connectivity index (χ3v) is 5.07. The van der Waals surface area contributed by atoms with Crippen molar-refractivity contribution >= 4 is 40.0 Å². The van der Waals surface area contributed by atoms with Gasteiger partial charge in [-0.15, -0.1) is 10.2 Å². The lowest BCUT2D eigenvalue weighted by Gasteiger charge is -2.11. The van der Waals surface area contributed by atoms with Crippen LogP contribution in [0.25, 0.3) is 22.4 Å². The first kappa shape index (κ1) is 15.9. The number of para-hydroxylation sites is 2. The van der Waals surface area contributed by atoms with E-state index in [0.717, 1.165) is 11.2 Å². The molecule has 0 atom stereocenters. The van der Waals surface area contributed by atoms with Crippen molar-refractivity contribution in [2.24, 2.45) is 0 Å². The van der Waals surface area contributed by atoms with Gasteiger partial charge in [-0.25, -0.2) is 4.57 Å². The van der Waals surface area contributed by atoms with E-state index in [-0.39, 0.29) is 5.56 Å². The number of thioether (sulfide) groups is 1. The number of halogens is 1. The normalized spacial score (nSPS) is 11.2. The van der Waals surface area contributed by atoms with Crippen LogP contribution in [0.4, 0.5) is 0 Å².